The highest BCUT2D eigenvalue weighted by molar-refractivity contribution is 4.88. The van der Waals surface area contributed by atoms with Crippen molar-refractivity contribution in [1.29, 1.82) is 0 Å². The molecule has 0 radical (unpaired) electrons. The SMILES string of the molecule is OC(C1CCCCC1)C1CCC2CCCCC2C1. The smallest absolute Gasteiger partial charge is 0.0596 e. The molecule has 1 N–H and O–H groups in total. The van der Waals surface area contributed by atoms with Crippen molar-refractivity contribution in [3.8, 4) is 0 Å². The first kappa shape index (κ1) is 13.0. The molecule has 3 fully saturated rings. The first-order valence-electron chi connectivity index (χ1n) is 8.52. The molecule has 0 amide bonds. The van der Waals surface area contributed by atoms with Crippen LogP contribution in [0, 0.1) is 23.7 Å². The van der Waals surface area contributed by atoms with Gasteiger partial charge in [0.25, 0.3) is 0 Å². The first-order chi connectivity index (χ1) is 8.84. The molecule has 3 aliphatic rings. The minimum absolute atomic E-state index is 0.0353. The van der Waals surface area contributed by atoms with Gasteiger partial charge in [-0.15, -0.1) is 0 Å². The summed E-state index contributed by atoms with van der Waals surface area (Å²) in [6, 6.07) is 0. The zero-order valence-corrected chi connectivity index (χ0v) is 11.8. The number of hydrogen-bond donors (Lipinski definition) is 1. The number of rotatable bonds is 2. The molecule has 3 saturated carbocycles. The lowest BCUT2D eigenvalue weighted by molar-refractivity contribution is -0.00928. The van der Waals surface area contributed by atoms with Gasteiger partial charge in [-0.1, -0.05) is 44.9 Å². The Morgan fingerprint density at radius 2 is 1.28 bits per heavy atom. The molecular formula is C17H30O. The van der Waals surface area contributed by atoms with Gasteiger partial charge in [0.2, 0.25) is 0 Å². The fraction of sp³-hybridized carbons (Fsp3) is 1.00. The lowest BCUT2D eigenvalue weighted by atomic mass is 9.64. The van der Waals surface area contributed by atoms with Crippen molar-refractivity contribution in [3.05, 3.63) is 0 Å². The fourth-order valence-corrected chi connectivity index (χ4v) is 5.08. The van der Waals surface area contributed by atoms with Gasteiger partial charge in [0.05, 0.1) is 6.10 Å². The molecule has 3 aliphatic carbocycles. The summed E-state index contributed by atoms with van der Waals surface area (Å²) in [4.78, 5) is 0. The summed E-state index contributed by atoms with van der Waals surface area (Å²) in [6.07, 6.45) is 16.7. The van der Waals surface area contributed by atoms with Gasteiger partial charge >= 0.3 is 0 Å². The van der Waals surface area contributed by atoms with E-state index >= 15 is 0 Å². The first-order valence-corrected chi connectivity index (χ1v) is 8.52. The number of aliphatic hydroxyl groups excluding tert-OH is 1. The van der Waals surface area contributed by atoms with E-state index in [1.807, 2.05) is 0 Å². The lowest BCUT2D eigenvalue weighted by Gasteiger charge is -2.42. The van der Waals surface area contributed by atoms with E-state index < -0.39 is 0 Å². The monoisotopic (exact) mass is 250 g/mol. The van der Waals surface area contributed by atoms with E-state index in [0.29, 0.717) is 11.8 Å². The van der Waals surface area contributed by atoms with E-state index in [1.54, 1.807) is 0 Å². The average molecular weight is 250 g/mol. The van der Waals surface area contributed by atoms with E-state index in [4.69, 9.17) is 0 Å². The molecule has 18 heavy (non-hydrogen) atoms. The van der Waals surface area contributed by atoms with Gasteiger partial charge < -0.3 is 5.11 Å². The second kappa shape index (κ2) is 5.94. The fourth-order valence-electron chi connectivity index (χ4n) is 5.08. The predicted octanol–water partition coefficient (Wildman–Crippen LogP) is 4.53. The minimum atomic E-state index is 0.0353. The maximum absolute atomic E-state index is 10.7. The number of fused-ring (bicyclic) bond motifs is 1. The zero-order chi connectivity index (χ0) is 12.4. The highest BCUT2D eigenvalue weighted by atomic mass is 16.3. The lowest BCUT2D eigenvalue weighted by Crippen LogP contribution is -2.37. The van der Waals surface area contributed by atoms with Crippen LogP contribution in [0.5, 0.6) is 0 Å². The van der Waals surface area contributed by atoms with E-state index in [1.165, 1.54) is 77.0 Å². The molecule has 4 unspecified atom stereocenters. The minimum Gasteiger partial charge on any atom is -0.393 e. The summed E-state index contributed by atoms with van der Waals surface area (Å²) in [7, 11) is 0. The maximum Gasteiger partial charge on any atom is 0.0596 e. The maximum atomic E-state index is 10.7. The Kier molecular flexibility index (Phi) is 4.28. The number of aliphatic hydroxyl groups is 1. The summed E-state index contributed by atoms with van der Waals surface area (Å²) in [5, 5.41) is 10.7. The van der Waals surface area contributed by atoms with E-state index in [9.17, 15) is 5.11 Å². The van der Waals surface area contributed by atoms with Crippen LogP contribution in [0.1, 0.15) is 77.0 Å². The summed E-state index contributed by atoms with van der Waals surface area (Å²) in [5.41, 5.74) is 0. The molecule has 0 aromatic heterocycles. The molecule has 0 spiro atoms. The summed E-state index contributed by atoms with van der Waals surface area (Å²) < 4.78 is 0. The van der Waals surface area contributed by atoms with Gasteiger partial charge in [-0.2, -0.15) is 0 Å². The Balaban J connectivity index is 1.55. The molecule has 4 atom stereocenters. The Hall–Kier alpha value is -0.0400. The van der Waals surface area contributed by atoms with Crippen molar-refractivity contribution in [3.63, 3.8) is 0 Å². The molecule has 0 heterocycles. The molecule has 1 heteroatoms. The molecular weight excluding hydrogens is 220 g/mol. The molecule has 0 aromatic rings. The van der Waals surface area contributed by atoms with Crippen molar-refractivity contribution >= 4 is 0 Å². The van der Waals surface area contributed by atoms with Crippen LogP contribution in [-0.4, -0.2) is 11.2 Å². The largest absolute Gasteiger partial charge is 0.393 e. The van der Waals surface area contributed by atoms with Gasteiger partial charge in [-0.25, -0.2) is 0 Å². The molecule has 104 valence electrons. The zero-order valence-electron chi connectivity index (χ0n) is 11.8. The second-order valence-corrected chi connectivity index (χ2v) is 7.27. The van der Waals surface area contributed by atoms with Crippen molar-refractivity contribution in [1.82, 2.24) is 0 Å². The highest BCUT2D eigenvalue weighted by Gasteiger charge is 2.37. The Bertz CT molecular complexity index is 254. The van der Waals surface area contributed by atoms with Crippen LogP contribution in [0.4, 0.5) is 0 Å². The highest BCUT2D eigenvalue weighted by Crippen LogP contribution is 2.45. The van der Waals surface area contributed by atoms with E-state index in [-0.39, 0.29) is 6.10 Å². The van der Waals surface area contributed by atoms with Crippen LogP contribution in [0.2, 0.25) is 0 Å². The van der Waals surface area contributed by atoms with Crippen molar-refractivity contribution in [2.24, 2.45) is 23.7 Å². The standard InChI is InChI=1S/C17H30O/c18-17(14-7-2-1-3-8-14)16-11-10-13-6-4-5-9-15(13)12-16/h13-18H,1-12H2. The van der Waals surface area contributed by atoms with Crippen molar-refractivity contribution in [2.75, 3.05) is 0 Å². The Labute approximate surface area is 112 Å². The normalized spacial score (nSPS) is 40.2. The quantitative estimate of drug-likeness (QED) is 0.763. The van der Waals surface area contributed by atoms with Crippen LogP contribution in [-0.2, 0) is 0 Å². The summed E-state index contributed by atoms with van der Waals surface area (Å²) >= 11 is 0. The van der Waals surface area contributed by atoms with Crippen molar-refractivity contribution in [2.45, 2.75) is 83.2 Å². The summed E-state index contributed by atoms with van der Waals surface area (Å²) in [6.45, 7) is 0. The van der Waals surface area contributed by atoms with E-state index in [2.05, 4.69) is 0 Å². The van der Waals surface area contributed by atoms with Crippen LogP contribution < -0.4 is 0 Å². The molecule has 0 aliphatic heterocycles. The summed E-state index contributed by atoms with van der Waals surface area (Å²) in [5.74, 6) is 3.28. The molecule has 3 rings (SSSR count). The van der Waals surface area contributed by atoms with Crippen molar-refractivity contribution < 1.29 is 5.11 Å². The van der Waals surface area contributed by atoms with Gasteiger partial charge in [0.15, 0.2) is 0 Å². The molecule has 0 aromatic carbocycles. The third-order valence-corrected chi connectivity index (χ3v) is 6.20. The van der Waals surface area contributed by atoms with Crippen LogP contribution in [0.25, 0.3) is 0 Å². The van der Waals surface area contributed by atoms with Crippen LogP contribution >= 0.6 is 0 Å². The van der Waals surface area contributed by atoms with Gasteiger partial charge in [0, 0.05) is 0 Å². The predicted molar refractivity (Wildman–Crippen MR) is 75.4 cm³/mol. The van der Waals surface area contributed by atoms with Gasteiger partial charge in [-0.05, 0) is 55.8 Å². The van der Waals surface area contributed by atoms with Gasteiger partial charge in [0.1, 0.15) is 0 Å². The Morgan fingerprint density at radius 3 is 2.06 bits per heavy atom. The third-order valence-electron chi connectivity index (χ3n) is 6.20. The number of hydrogen-bond acceptors (Lipinski definition) is 1. The second-order valence-electron chi connectivity index (χ2n) is 7.27. The molecule has 1 nitrogen and oxygen atoms in total. The van der Waals surface area contributed by atoms with Crippen LogP contribution in [0.3, 0.4) is 0 Å². The topological polar surface area (TPSA) is 20.2 Å². The molecule has 0 bridgehead atoms. The average Bonchev–Trinajstić information content (AvgIpc) is 2.47. The van der Waals surface area contributed by atoms with E-state index in [0.717, 1.165) is 11.8 Å². The van der Waals surface area contributed by atoms with Crippen LogP contribution in [0.15, 0.2) is 0 Å². The third kappa shape index (κ3) is 2.76. The van der Waals surface area contributed by atoms with Gasteiger partial charge in [-0.3, -0.25) is 0 Å². The Morgan fingerprint density at radius 1 is 0.611 bits per heavy atom. The molecule has 0 saturated heterocycles.